The fourth-order valence-corrected chi connectivity index (χ4v) is 3.11. The minimum absolute atomic E-state index is 0.492. The number of fused-ring (bicyclic) bond motifs is 1. The summed E-state index contributed by atoms with van der Waals surface area (Å²) in [5.41, 5.74) is 1.40. The van der Waals surface area contributed by atoms with E-state index in [1.165, 1.54) is 10.1 Å². The summed E-state index contributed by atoms with van der Waals surface area (Å²) in [6, 6.07) is 0. The second kappa shape index (κ2) is 2.35. The van der Waals surface area contributed by atoms with Crippen molar-refractivity contribution in [2.75, 3.05) is 0 Å². The molecule has 0 spiro atoms. The Morgan fingerprint density at radius 2 is 2.20 bits per heavy atom. The Kier molecular flexibility index (Phi) is 1.61. The molecule has 1 unspecified atom stereocenters. The first-order valence-electron chi connectivity index (χ1n) is 3.19. The SMILES string of the molecule is BrC1=C[C@H](Br)C2C=CC=C12. The molecule has 0 N–H and O–H groups in total. The Balaban J connectivity index is 2.40. The average molecular weight is 262 g/mol. The molecule has 0 amide bonds. The molecule has 2 aliphatic rings. The molecule has 0 aliphatic heterocycles. The number of alkyl halides is 1. The van der Waals surface area contributed by atoms with Gasteiger partial charge in [-0.05, 0) is 5.57 Å². The van der Waals surface area contributed by atoms with Gasteiger partial charge in [-0.25, -0.2) is 0 Å². The Morgan fingerprint density at radius 1 is 1.40 bits per heavy atom. The van der Waals surface area contributed by atoms with Crippen molar-refractivity contribution in [2.45, 2.75) is 4.83 Å². The fourth-order valence-electron chi connectivity index (χ4n) is 1.35. The summed E-state index contributed by atoms with van der Waals surface area (Å²) in [6.07, 6.45) is 8.69. The van der Waals surface area contributed by atoms with E-state index in [9.17, 15) is 0 Å². The molecule has 0 saturated carbocycles. The normalized spacial score (nSPS) is 35.8. The molecule has 2 heteroatoms. The van der Waals surface area contributed by atoms with Gasteiger partial charge in [-0.1, -0.05) is 56.2 Å². The first-order chi connectivity index (χ1) is 4.79. The van der Waals surface area contributed by atoms with Crippen LogP contribution in [0, 0.1) is 5.92 Å². The van der Waals surface area contributed by atoms with E-state index in [0.717, 1.165) is 0 Å². The summed E-state index contributed by atoms with van der Waals surface area (Å²) < 4.78 is 1.24. The van der Waals surface area contributed by atoms with Gasteiger partial charge in [0, 0.05) is 15.2 Å². The van der Waals surface area contributed by atoms with Gasteiger partial charge >= 0.3 is 0 Å². The minimum atomic E-state index is 0.492. The van der Waals surface area contributed by atoms with E-state index in [-0.39, 0.29) is 0 Å². The van der Waals surface area contributed by atoms with Crippen LogP contribution in [0.2, 0.25) is 0 Å². The van der Waals surface area contributed by atoms with E-state index in [2.05, 4.69) is 56.2 Å². The zero-order valence-corrected chi connectivity index (χ0v) is 8.39. The second-order valence-electron chi connectivity index (χ2n) is 2.49. The maximum atomic E-state index is 3.59. The molecule has 0 heterocycles. The number of rotatable bonds is 0. The second-order valence-corrected chi connectivity index (χ2v) is 4.40. The van der Waals surface area contributed by atoms with Crippen LogP contribution in [0.25, 0.3) is 0 Å². The summed E-state index contributed by atoms with van der Waals surface area (Å²) in [5, 5.41) is 0. The molecule has 0 fully saturated rings. The van der Waals surface area contributed by atoms with Crippen LogP contribution in [0.1, 0.15) is 0 Å². The van der Waals surface area contributed by atoms with E-state index >= 15 is 0 Å². The monoisotopic (exact) mass is 260 g/mol. The quantitative estimate of drug-likeness (QED) is 0.588. The average Bonchev–Trinajstić information content (AvgIpc) is 2.39. The molecule has 2 atom stereocenters. The molecule has 0 saturated heterocycles. The lowest BCUT2D eigenvalue weighted by Crippen LogP contribution is -2.02. The molecule has 2 rings (SSSR count). The van der Waals surface area contributed by atoms with Gasteiger partial charge in [-0.3, -0.25) is 0 Å². The van der Waals surface area contributed by atoms with Crippen molar-refractivity contribution >= 4 is 31.9 Å². The standard InChI is InChI=1S/C8H6Br2/c9-7-4-8(10)6-3-1-2-5(6)7/h1-5,7H/t5?,7-/m0/s1. The topological polar surface area (TPSA) is 0 Å². The number of hydrogen-bond donors (Lipinski definition) is 0. The molecule has 10 heavy (non-hydrogen) atoms. The maximum absolute atomic E-state index is 3.59. The molecule has 0 aromatic rings. The Hall–Kier alpha value is 0.180. The van der Waals surface area contributed by atoms with Crippen molar-refractivity contribution in [3.05, 3.63) is 34.4 Å². The lowest BCUT2D eigenvalue weighted by molar-refractivity contribution is 0.874. The third-order valence-electron chi connectivity index (χ3n) is 1.88. The number of halogens is 2. The molecule has 0 radical (unpaired) electrons. The summed E-state index contributed by atoms with van der Waals surface area (Å²) in [5.74, 6) is 0.578. The summed E-state index contributed by atoms with van der Waals surface area (Å²) in [7, 11) is 0. The molecule has 0 bridgehead atoms. The Labute approximate surface area is 76.9 Å². The number of allylic oxidation sites excluding steroid dienone is 6. The zero-order valence-electron chi connectivity index (χ0n) is 5.22. The van der Waals surface area contributed by atoms with Gasteiger partial charge in [0.2, 0.25) is 0 Å². The molecule has 52 valence electrons. The van der Waals surface area contributed by atoms with E-state index in [1.54, 1.807) is 0 Å². The predicted molar refractivity (Wildman–Crippen MR) is 50.4 cm³/mol. The lowest BCUT2D eigenvalue weighted by Gasteiger charge is -2.05. The van der Waals surface area contributed by atoms with E-state index < -0.39 is 0 Å². The maximum Gasteiger partial charge on any atom is 0.0443 e. The molecule has 0 nitrogen and oxygen atoms in total. The van der Waals surface area contributed by atoms with E-state index in [4.69, 9.17) is 0 Å². The molecular weight excluding hydrogens is 256 g/mol. The minimum Gasteiger partial charge on any atom is -0.0835 e. The zero-order chi connectivity index (χ0) is 7.14. The van der Waals surface area contributed by atoms with Crippen molar-refractivity contribution in [3.63, 3.8) is 0 Å². The Bertz CT molecular complexity index is 248. The van der Waals surface area contributed by atoms with Crippen LogP contribution >= 0.6 is 31.9 Å². The summed E-state index contributed by atoms with van der Waals surface area (Å²) in [6.45, 7) is 0. The van der Waals surface area contributed by atoms with Crippen LogP contribution in [-0.2, 0) is 0 Å². The van der Waals surface area contributed by atoms with Crippen molar-refractivity contribution in [1.82, 2.24) is 0 Å². The van der Waals surface area contributed by atoms with Crippen LogP contribution in [0.15, 0.2) is 34.4 Å². The smallest absolute Gasteiger partial charge is 0.0443 e. The highest BCUT2D eigenvalue weighted by Crippen LogP contribution is 2.41. The summed E-state index contributed by atoms with van der Waals surface area (Å²) >= 11 is 7.10. The van der Waals surface area contributed by atoms with Crippen LogP contribution in [0.3, 0.4) is 0 Å². The van der Waals surface area contributed by atoms with Crippen LogP contribution < -0.4 is 0 Å². The van der Waals surface area contributed by atoms with E-state index in [0.29, 0.717) is 10.7 Å². The van der Waals surface area contributed by atoms with Crippen molar-refractivity contribution in [2.24, 2.45) is 5.92 Å². The molecule has 0 aromatic carbocycles. The van der Waals surface area contributed by atoms with Crippen molar-refractivity contribution in [1.29, 1.82) is 0 Å². The Morgan fingerprint density at radius 3 is 2.90 bits per heavy atom. The van der Waals surface area contributed by atoms with Gasteiger partial charge in [0.25, 0.3) is 0 Å². The van der Waals surface area contributed by atoms with Gasteiger partial charge in [-0.2, -0.15) is 0 Å². The third kappa shape index (κ3) is 0.857. The van der Waals surface area contributed by atoms with Crippen molar-refractivity contribution < 1.29 is 0 Å². The van der Waals surface area contributed by atoms with Crippen molar-refractivity contribution in [3.8, 4) is 0 Å². The van der Waals surface area contributed by atoms with Crippen LogP contribution in [-0.4, -0.2) is 4.83 Å². The number of hydrogen-bond acceptors (Lipinski definition) is 0. The lowest BCUT2D eigenvalue weighted by atomic mass is 10.1. The van der Waals surface area contributed by atoms with Crippen LogP contribution in [0.4, 0.5) is 0 Å². The molecule has 2 aliphatic carbocycles. The highest BCUT2D eigenvalue weighted by molar-refractivity contribution is 9.12. The fraction of sp³-hybridized carbons (Fsp3) is 0.250. The highest BCUT2D eigenvalue weighted by Gasteiger charge is 2.28. The van der Waals surface area contributed by atoms with Crippen LogP contribution in [0.5, 0.6) is 0 Å². The predicted octanol–water partition coefficient (Wildman–Crippen LogP) is 3.15. The largest absolute Gasteiger partial charge is 0.0835 e. The van der Waals surface area contributed by atoms with E-state index in [1.807, 2.05) is 0 Å². The summed E-state index contributed by atoms with van der Waals surface area (Å²) in [4.78, 5) is 0.492. The van der Waals surface area contributed by atoms with Gasteiger partial charge in [-0.15, -0.1) is 0 Å². The molecule has 0 aromatic heterocycles. The van der Waals surface area contributed by atoms with Gasteiger partial charge < -0.3 is 0 Å². The third-order valence-corrected chi connectivity index (χ3v) is 3.43. The first-order valence-corrected chi connectivity index (χ1v) is 4.90. The first kappa shape index (κ1) is 6.86. The van der Waals surface area contributed by atoms with Gasteiger partial charge in [0.15, 0.2) is 0 Å². The van der Waals surface area contributed by atoms with Gasteiger partial charge in [0.05, 0.1) is 0 Å². The highest BCUT2D eigenvalue weighted by atomic mass is 79.9. The molecular formula is C8H6Br2. The van der Waals surface area contributed by atoms with Gasteiger partial charge in [0.1, 0.15) is 0 Å².